The SMILES string of the molecule is Cc1c(-c2ccc(C(=O)N3CCCC(S)C3)s2)noc1C(F)(F)F. The van der Waals surface area contributed by atoms with E-state index in [0.717, 1.165) is 24.2 Å². The van der Waals surface area contributed by atoms with Crippen LogP contribution in [0.4, 0.5) is 13.2 Å². The van der Waals surface area contributed by atoms with E-state index in [2.05, 4.69) is 22.3 Å². The molecule has 1 saturated heterocycles. The van der Waals surface area contributed by atoms with E-state index >= 15 is 0 Å². The lowest BCUT2D eigenvalue weighted by Gasteiger charge is -2.30. The van der Waals surface area contributed by atoms with Crippen LogP contribution in [0.2, 0.25) is 0 Å². The van der Waals surface area contributed by atoms with Gasteiger partial charge in [0.2, 0.25) is 5.76 Å². The molecular weight excluding hydrogens is 361 g/mol. The van der Waals surface area contributed by atoms with Crippen LogP contribution in [-0.4, -0.2) is 34.3 Å². The molecule has 9 heteroatoms. The summed E-state index contributed by atoms with van der Waals surface area (Å²) in [4.78, 5) is 15.2. The van der Waals surface area contributed by atoms with Crippen LogP contribution in [0.3, 0.4) is 0 Å². The standard InChI is InChI=1S/C15H15F3N2O2S2/c1-8-12(19-22-13(8)15(16,17)18)10-4-5-11(24-10)14(21)20-6-2-3-9(23)7-20/h4-5,9,23H,2-3,6-7H2,1H3. The average molecular weight is 376 g/mol. The summed E-state index contributed by atoms with van der Waals surface area (Å²) in [6, 6.07) is 3.22. The fourth-order valence-corrected chi connectivity index (χ4v) is 4.10. The van der Waals surface area contributed by atoms with Gasteiger partial charge in [0.05, 0.1) is 9.75 Å². The van der Waals surface area contributed by atoms with E-state index < -0.39 is 11.9 Å². The summed E-state index contributed by atoms with van der Waals surface area (Å²) in [5.74, 6) is -1.23. The molecule has 0 radical (unpaired) electrons. The highest BCUT2D eigenvalue weighted by Gasteiger charge is 2.39. The number of amides is 1. The Morgan fingerprint density at radius 3 is 2.83 bits per heavy atom. The van der Waals surface area contributed by atoms with Crippen LogP contribution in [0.25, 0.3) is 10.6 Å². The Balaban J connectivity index is 1.83. The molecule has 1 fully saturated rings. The molecule has 1 atom stereocenters. The molecule has 0 N–H and O–H groups in total. The lowest BCUT2D eigenvalue weighted by Crippen LogP contribution is -2.40. The Bertz CT molecular complexity index is 754. The molecule has 0 spiro atoms. The molecule has 4 nitrogen and oxygen atoms in total. The number of carbonyl (C=O) groups is 1. The number of aromatic nitrogens is 1. The number of hydrogen-bond acceptors (Lipinski definition) is 5. The van der Waals surface area contributed by atoms with Crippen molar-refractivity contribution in [2.45, 2.75) is 31.2 Å². The van der Waals surface area contributed by atoms with Crippen LogP contribution in [0.15, 0.2) is 16.7 Å². The molecule has 0 aromatic carbocycles. The second-order valence-electron chi connectivity index (χ2n) is 5.69. The van der Waals surface area contributed by atoms with Crippen molar-refractivity contribution in [2.75, 3.05) is 13.1 Å². The van der Waals surface area contributed by atoms with E-state index in [1.165, 1.54) is 6.92 Å². The van der Waals surface area contributed by atoms with E-state index in [4.69, 9.17) is 0 Å². The first-order valence-corrected chi connectivity index (χ1v) is 8.71. The Labute approximate surface area is 146 Å². The van der Waals surface area contributed by atoms with Gasteiger partial charge >= 0.3 is 6.18 Å². The quantitative estimate of drug-likeness (QED) is 0.797. The van der Waals surface area contributed by atoms with Gasteiger partial charge in [0.1, 0.15) is 5.69 Å². The van der Waals surface area contributed by atoms with Gasteiger partial charge < -0.3 is 9.42 Å². The van der Waals surface area contributed by atoms with Crippen LogP contribution in [0, 0.1) is 6.92 Å². The molecule has 1 amide bonds. The first kappa shape index (κ1) is 17.3. The molecule has 1 aliphatic rings. The molecular formula is C15H15F3N2O2S2. The Kier molecular flexibility index (Phi) is 4.65. The zero-order valence-electron chi connectivity index (χ0n) is 12.8. The van der Waals surface area contributed by atoms with Gasteiger partial charge in [-0.15, -0.1) is 11.3 Å². The molecule has 0 aliphatic carbocycles. The second-order valence-corrected chi connectivity index (χ2v) is 7.51. The van der Waals surface area contributed by atoms with Crippen LogP contribution >= 0.6 is 24.0 Å². The maximum atomic E-state index is 12.8. The highest BCUT2D eigenvalue weighted by molar-refractivity contribution is 7.81. The predicted molar refractivity (Wildman–Crippen MR) is 87.5 cm³/mol. The van der Waals surface area contributed by atoms with Gasteiger partial charge in [0.25, 0.3) is 5.91 Å². The van der Waals surface area contributed by atoms with Crippen molar-refractivity contribution < 1.29 is 22.5 Å². The van der Waals surface area contributed by atoms with Gasteiger partial charge in [-0.2, -0.15) is 25.8 Å². The van der Waals surface area contributed by atoms with Crippen molar-refractivity contribution in [2.24, 2.45) is 0 Å². The number of thiophene rings is 1. The number of nitrogens with zero attached hydrogens (tertiary/aromatic N) is 2. The topological polar surface area (TPSA) is 46.3 Å². The molecule has 24 heavy (non-hydrogen) atoms. The van der Waals surface area contributed by atoms with Gasteiger partial charge in [-0.3, -0.25) is 4.79 Å². The van der Waals surface area contributed by atoms with E-state index in [9.17, 15) is 18.0 Å². The average Bonchev–Trinajstić information content (AvgIpc) is 3.12. The van der Waals surface area contributed by atoms with Crippen LogP contribution < -0.4 is 0 Å². The lowest BCUT2D eigenvalue weighted by molar-refractivity contribution is -0.156. The summed E-state index contributed by atoms with van der Waals surface area (Å²) in [6.45, 7) is 2.56. The van der Waals surface area contributed by atoms with Gasteiger partial charge in [-0.1, -0.05) is 5.16 Å². The third-order valence-electron chi connectivity index (χ3n) is 3.92. The number of rotatable bonds is 2. The minimum Gasteiger partial charge on any atom is -0.351 e. The molecule has 2 aromatic heterocycles. The number of likely N-dealkylation sites (tertiary alicyclic amines) is 1. The van der Waals surface area contributed by atoms with Crippen molar-refractivity contribution in [3.63, 3.8) is 0 Å². The highest BCUT2D eigenvalue weighted by Crippen LogP contribution is 2.38. The highest BCUT2D eigenvalue weighted by atomic mass is 32.1. The first-order valence-electron chi connectivity index (χ1n) is 7.38. The summed E-state index contributed by atoms with van der Waals surface area (Å²) in [5.41, 5.74) is 0.0498. The molecule has 1 unspecified atom stereocenters. The maximum absolute atomic E-state index is 12.8. The Morgan fingerprint density at radius 1 is 1.46 bits per heavy atom. The Hall–Kier alpha value is -1.48. The van der Waals surface area contributed by atoms with Crippen molar-refractivity contribution in [3.8, 4) is 10.6 Å². The van der Waals surface area contributed by atoms with Crippen LogP contribution in [-0.2, 0) is 6.18 Å². The third kappa shape index (κ3) is 3.32. The van der Waals surface area contributed by atoms with Gasteiger partial charge in [-0.25, -0.2) is 0 Å². The van der Waals surface area contributed by atoms with E-state index in [1.54, 1.807) is 17.0 Å². The van der Waals surface area contributed by atoms with Gasteiger partial charge in [0.15, 0.2) is 0 Å². The number of carbonyl (C=O) groups excluding carboxylic acids is 1. The minimum atomic E-state index is -4.58. The first-order chi connectivity index (χ1) is 11.3. The van der Waals surface area contributed by atoms with E-state index in [1.807, 2.05) is 0 Å². The monoisotopic (exact) mass is 376 g/mol. The molecule has 2 aromatic rings. The van der Waals surface area contributed by atoms with Crippen LogP contribution in [0.1, 0.15) is 33.8 Å². The lowest BCUT2D eigenvalue weighted by atomic mass is 10.1. The largest absolute Gasteiger partial charge is 0.452 e. The summed E-state index contributed by atoms with van der Waals surface area (Å²) in [5, 5.41) is 3.69. The van der Waals surface area contributed by atoms with Crippen LogP contribution in [0.5, 0.6) is 0 Å². The number of piperidine rings is 1. The fourth-order valence-electron chi connectivity index (χ4n) is 2.71. The van der Waals surface area contributed by atoms with E-state index in [-0.39, 0.29) is 22.4 Å². The maximum Gasteiger partial charge on any atom is 0.452 e. The smallest absolute Gasteiger partial charge is 0.351 e. The summed E-state index contributed by atoms with van der Waals surface area (Å²) < 4.78 is 42.8. The van der Waals surface area contributed by atoms with Crippen molar-refractivity contribution >= 4 is 29.9 Å². The molecule has 3 rings (SSSR count). The van der Waals surface area contributed by atoms with Crippen molar-refractivity contribution in [3.05, 3.63) is 28.3 Å². The number of hydrogen-bond donors (Lipinski definition) is 1. The number of alkyl halides is 3. The molecule has 0 bridgehead atoms. The summed E-state index contributed by atoms with van der Waals surface area (Å²) in [7, 11) is 0. The molecule has 3 heterocycles. The summed E-state index contributed by atoms with van der Waals surface area (Å²) >= 11 is 5.53. The zero-order chi connectivity index (χ0) is 17.5. The minimum absolute atomic E-state index is 0.0725. The second kappa shape index (κ2) is 6.44. The molecule has 0 saturated carbocycles. The van der Waals surface area contributed by atoms with E-state index in [0.29, 0.717) is 22.8 Å². The fraction of sp³-hybridized carbons (Fsp3) is 0.467. The van der Waals surface area contributed by atoms with Crippen molar-refractivity contribution in [1.29, 1.82) is 0 Å². The molecule has 1 aliphatic heterocycles. The number of halogens is 3. The Morgan fingerprint density at radius 2 is 2.21 bits per heavy atom. The van der Waals surface area contributed by atoms with Crippen molar-refractivity contribution in [1.82, 2.24) is 10.1 Å². The van der Waals surface area contributed by atoms with Gasteiger partial charge in [0, 0.05) is 23.9 Å². The van der Waals surface area contributed by atoms with Gasteiger partial charge in [-0.05, 0) is 31.9 Å². The normalized spacial score (nSPS) is 18.9. The number of thiol groups is 1. The zero-order valence-corrected chi connectivity index (χ0v) is 14.5. The molecule has 130 valence electrons. The third-order valence-corrected chi connectivity index (χ3v) is 5.42. The summed E-state index contributed by atoms with van der Waals surface area (Å²) in [6.07, 6.45) is -2.71. The predicted octanol–water partition coefficient (Wildman–Crippen LogP) is 4.26.